The van der Waals surface area contributed by atoms with Gasteiger partial charge in [0.05, 0.1) is 18.2 Å². The molecular formula is C45H67N5O7S. The first-order chi connectivity index (χ1) is 27.3. The molecule has 1 saturated heterocycles. The number of cyclic esters (lactones) is 1. The maximum atomic E-state index is 14.6. The highest BCUT2D eigenvalue weighted by Gasteiger charge is 2.44. The third-order valence-electron chi connectivity index (χ3n) is 12.0. The van der Waals surface area contributed by atoms with Crippen LogP contribution in [0.25, 0.3) is 0 Å². The fourth-order valence-electron chi connectivity index (χ4n) is 7.74. The molecule has 4 amide bonds. The molecule has 8 atom stereocenters. The quantitative estimate of drug-likeness (QED) is 0.346. The van der Waals surface area contributed by atoms with Crippen molar-refractivity contribution >= 4 is 46.4 Å². The minimum atomic E-state index is -1.01. The molecule has 1 aromatic rings. The summed E-state index contributed by atoms with van der Waals surface area (Å²) in [5, 5.41) is 3.88. The number of nitrogens with one attached hydrogen (secondary N) is 1. The van der Waals surface area contributed by atoms with Crippen LogP contribution in [0.15, 0.2) is 52.6 Å². The van der Waals surface area contributed by atoms with E-state index in [1.165, 1.54) is 9.80 Å². The zero-order valence-electron chi connectivity index (χ0n) is 36.8. The van der Waals surface area contributed by atoms with Crippen LogP contribution < -0.4 is 10.1 Å². The third kappa shape index (κ3) is 11.5. The van der Waals surface area contributed by atoms with Crippen molar-refractivity contribution < 1.29 is 33.4 Å². The lowest BCUT2D eigenvalue weighted by Crippen LogP contribution is -2.59. The molecule has 3 aliphatic heterocycles. The molecule has 1 unspecified atom stereocenters. The van der Waals surface area contributed by atoms with Crippen LogP contribution in [0.1, 0.15) is 100.0 Å². The first kappa shape index (κ1) is 46.6. The summed E-state index contributed by atoms with van der Waals surface area (Å²) in [7, 11) is 4.71. The van der Waals surface area contributed by atoms with Crippen molar-refractivity contribution in [2.45, 2.75) is 137 Å². The van der Waals surface area contributed by atoms with Crippen LogP contribution in [0.3, 0.4) is 0 Å². The molecule has 0 aliphatic carbocycles. The van der Waals surface area contributed by atoms with Gasteiger partial charge in [-0.1, -0.05) is 72.2 Å². The van der Waals surface area contributed by atoms with E-state index in [1.807, 2.05) is 39.0 Å². The van der Waals surface area contributed by atoms with Crippen molar-refractivity contribution in [2.75, 3.05) is 33.5 Å². The predicted octanol–water partition coefficient (Wildman–Crippen LogP) is 6.23. The Kier molecular flexibility index (Phi) is 16.2. The second-order valence-electron chi connectivity index (χ2n) is 17.6. The highest BCUT2D eigenvalue weighted by Crippen LogP contribution is 2.33. The molecule has 2 bridgehead atoms. The Bertz CT molecular complexity index is 1750. The summed E-state index contributed by atoms with van der Waals surface area (Å²) in [5.74, 6) is -0.708. The fourth-order valence-corrected chi connectivity index (χ4v) is 8.76. The topological polar surface area (TPSA) is 138 Å². The molecule has 3 heterocycles. The van der Waals surface area contributed by atoms with E-state index >= 15 is 0 Å². The molecule has 0 aromatic heterocycles. The Labute approximate surface area is 350 Å². The lowest BCUT2D eigenvalue weighted by molar-refractivity contribution is -0.166. The number of allylic oxidation sites excluding steroid dienone is 1. The summed E-state index contributed by atoms with van der Waals surface area (Å²) < 4.78 is 11.6. The Morgan fingerprint density at radius 3 is 2.28 bits per heavy atom. The smallest absolute Gasteiger partial charge is 0.329 e. The second kappa shape index (κ2) is 20.2. The minimum Gasteiger partial charge on any atom is -0.497 e. The summed E-state index contributed by atoms with van der Waals surface area (Å²) in [6.07, 6.45) is 6.95. The number of aliphatic imine (C=N–C) groups is 1. The summed E-state index contributed by atoms with van der Waals surface area (Å²) in [5.41, 5.74) is 1.95. The number of hydrogen-bond donors (Lipinski definition) is 1. The summed E-state index contributed by atoms with van der Waals surface area (Å²) in [4.78, 5) is 80.4. The molecule has 320 valence electrons. The van der Waals surface area contributed by atoms with Gasteiger partial charge >= 0.3 is 5.97 Å². The van der Waals surface area contributed by atoms with Gasteiger partial charge in [0.25, 0.3) is 0 Å². The summed E-state index contributed by atoms with van der Waals surface area (Å²) in [6, 6.07) is 3.44. The van der Waals surface area contributed by atoms with E-state index in [1.54, 1.807) is 63.8 Å². The molecule has 3 aliphatic rings. The lowest BCUT2D eigenvalue weighted by atomic mass is 9.83. The first-order valence-corrected chi connectivity index (χ1v) is 21.8. The summed E-state index contributed by atoms with van der Waals surface area (Å²) in [6.45, 7) is 18.0. The van der Waals surface area contributed by atoms with Gasteiger partial charge in [-0.05, 0) is 87.0 Å². The molecule has 13 heteroatoms. The van der Waals surface area contributed by atoms with Gasteiger partial charge in [-0.3, -0.25) is 24.2 Å². The number of methoxy groups -OCH3 is 1. The molecule has 1 N–H and O–H groups in total. The molecular weight excluding hydrogens is 755 g/mol. The minimum absolute atomic E-state index is 0.170. The van der Waals surface area contributed by atoms with Crippen LogP contribution in [0.5, 0.6) is 5.75 Å². The lowest BCUT2D eigenvalue weighted by Gasteiger charge is -2.39. The van der Waals surface area contributed by atoms with Gasteiger partial charge < -0.3 is 29.5 Å². The monoisotopic (exact) mass is 821 g/mol. The number of esters is 1. The molecule has 0 spiro atoms. The van der Waals surface area contributed by atoms with Crippen molar-refractivity contribution in [1.29, 1.82) is 0 Å². The van der Waals surface area contributed by atoms with Crippen LogP contribution in [-0.2, 0) is 35.1 Å². The average Bonchev–Trinajstić information content (AvgIpc) is 3.88. The number of thioether (sulfide) groups is 1. The third-order valence-corrected chi connectivity index (χ3v) is 13.2. The van der Waals surface area contributed by atoms with Gasteiger partial charge in [-0.2, -0.15) is 0 Å². The number of likely N-dealkylation sites (N-methyl/N-ethyl adjacent to an activating group) is 2. The molecule has 0 radical (unpaired) electrons. The summed E-state index contributed by atoms with van der Waals surface area (Å²) >= 11 is 1.65. The van der Waals surface area contributed by atoms with Crippen LogP contribution in [0, 0.1) is 17.3 Å². The maximum absolute atomic E-state index is 14.6. The predicted molar refractivity (Wildman–Crippen MR) is 231 cm³/mol. The Morgan fingerprint density at radius 2 is 1.66 bits per heavy atom. The average molecular weight is 822 g/mol. The molecule has 12 nitrogen and oxygen atoms in total. The van der Waals surface area contributed by atoms with Crippen molar-refractivity contribution in [3.8, 4) is 5.75 Å². The Balaban J connectivity index is 1.74. The van der Waals surface area contributed by atoms with E-state index < -0.39 is 47.9 Å². The molecule has 4 rings (SSSR count). The SMILES string of the molecule is CCC(C)[C@@H]1C(=O)N2CCC[C@@H]2C(=O)O[C@@H](C(C)(C)C)C[C@@H](C)C/C=C(\C)C2=N[C@H](/C=C(\C)C(=O)N[C@H](Cc3ccc(OC)cc3)C(=O)N(C)[C@H](C)C(=O)N1C)CS2. The van der Waals surface area contributed by atoms with Crippen LogP contribution in [0.4, 0.5) is 0 Å². The molecule has 1 fully saturated rings. The van der Waals surface area contributed by atoms with Gasteiger partial charge in [0, 0.05) is 38.4 Å². The number of carbonyl (C=O) groups excluding carboxylic acids is 5. The number of nitrogens with zero attached hydrogens (tertiary/aromatic N) is 4. The van der Waals surface area contributed by atoms with E-state index in [0.717, 1.165) is 22.6 Å². The van der Waals surface area contributed by atoms with E-state index in [-0.39, 0.29) is 41.7 Å². The fraction of sp³-hybridized carbons (Fsp3) is 0.644. The Morgan fingerprint density at radius 1 is 0.983 bits per heavy atom. The number of rotatable bonds is 5. The molecule has 58 heavy (non-hydrogen) atoms. The van der Waals surface area contributed by atoms with Gasteiger partial charge in [-0.25, -0.2) is 4.79 Å². The molecule has 0 saturated carbocycles. The van der Waals surface area contributed by atoms with Crippen molar-refractivity contribution in [3.05, 3.63) is 53.1 Å². The van der Waals surface area contributed by atoms with Crippen LogP contribution in [0.2, 0.25) is 0 Å². The highest BCUT2D eigenvalue weighted by molar-refractivity contribution is 8.14. The van der Waals surface area contributed by atoms with E-state index in [2.05, 4.69) is 39.1 Å². The van der Waals surface area contributed by atoms with E-state index in [4.69, 9.17) is 14.5 Å². The van der Waals surface area contributed by atoms with Crippen LogP contribution >= 0.6 is 11.8 Å². The largest absolute Gasteiger partial charge is 0.497 e. The van der Waals surface area contributed by atoms with Gasteiger partial charge in [0.1, 0.15) is 36.0 Å². The number of benzene rings is 1. The van der Waals surface area contributed by atoms with E-state index in [9.17, 15) is 24.0 Å². The number of fused-ring (bicyclic) bond motifs is 2. The highest BCUT2D eigenvalue weighted by atomic mass is 32.2. The number of hydrogen-bond acceptors (Lipinski definition) is 9. The van der Waals surface area contributed by atoms with Crippen LogP contribution in [-0.4, -0.2) is 119 Å². The Hall–Kier alpha value is -4.13. The number of amides is 4. The standard InChI is InChI=1S/C45H67N5O7S/c1-13-28(3)38-43(54)50-22-14-15-36(50)44(55)57-37(45(7,8)9)23-27(2)16-17-29(4)40-46-33(26-58-40)24-30(5)39(51)47-35(25-32-18-20-34(56-12)21-19-32)42(53)48(10)31(6)41(52)49(38)11/h17-21,24,27-28,31,33,35-38H,13-16,22-23,25-26H2,1-12H3,(H,47,51)/b29-17+,30-24+/t27-,28?,31+,33+,35+,36+,37+,38+/m0/s1. The van der Waals surface area contributed by atoms with Crippen molar-refractivity contribution in [1.82, 2.24) is 20.0 Å². The maximum Gasteiger partial charge on any atom is 0.329 e. The van der Waals surface area contributed by atoms with Crippen molar-refractivity contribution in [3.63, 3.8) is 0 Å². The molecule has 1 aromatic carbocycles. The zero-order chi connectivity index (χ0) is 43.1. The number of ether oxygens (including phenoxy) is 2. The number of carbonyl (C=O) groups is 5. The van der Waals surface area contributed by atoms with Crippen molar-refractivity contribution in [2.24, 2.45) is 22.2 Å². The normalized spacial score (nSPS) is 30.2. The van der Waals surface area contributed by atoms with Gasteiger partial charge in [0.15, 0.2) is 0 Å². The van der Waals surface area contributed by atoms with Gasteiger partial charge in [-0.15, -0.1) is 11.8 Å². The first-order valence-electron chi connectivity index (χ1n) is 20.8. The van der Waals surface area contributed by atoms with Gasteiger partial charge in [0.2, 0.25) is 23.6 Å². The van der Waals surface area contributed by atoms with E-state index in [0.29, 0.717) is 49.3 Å². The zero-order valence-corrected chi connectivity index (χ0v) is 37.6. The second-order valence-corrected chi connectivity index (χ2v) is 18.6.